The maximum absolute atomic E-state index is 11.9. The lowest BCUT2D eigenvalue weighted by molar-refractivity contribution is 0.179. The highest BCUT2D eigenvalue weighted by atomic mass is 127. The van der Waals surface area contributed by atoms with Crippen molar-refractivity contribution in [3.8, 4) is 0 Å². The number of nitrogens with zero attached hydrogens (tertiary/aromatic N) is 1. The van der Waals surface area contributed by atoms with Gasteiger partial charge in [-0.15, -0.1) is 0 Å². The van der Waals surface area contributed by atoms with Crippen molar-refractivity contribution < 1.29 is 4.74 Å². The number of hydrogen-bond donors (Lipinski definition) is 1. The number of aromatic nitrogens is 2. The van der Waals surface area contributed by atoms with E-state index in [2.05, 4.69) is 23.8 Å². The minimum Gasteiger partial charge on any atom is -0.378 e. The van der Waals surface area contributed by atoms with Gasteiger partial charge in [0.2, 0.25) is 0 Å². The summed E-state index contributed by atoms with van der Waals surface area (Å²) in [5, 5.41) is 0. The molecule has 2 rings (SSSR count). The lowest BCUT2D eigenvalue weighted by atomic mass is 9.73. The Morgan fingerprint density at radius 3 is 2.63 bits per heavy atom. The van der Waals surface area contributed by atoms with E-state index in [-0.39, 0.29) is 5.56 Å². The number of aromatic amines is 1. The third-order valence-corrected chi connectivity index (χ3v) is 5.07. The Morgan fingerprint density at radius 1 is 1.42 bits per heavy atom. The zero-order valence-corrected chi connectivity index (χ0v) is 13.9. The van der Waals surface area contributed by atoms with Crippen LogP contribution in [-0.4, -0.2) is 17.1 Å². The summed E-state index contributed by atoms with van der Waals surface area (Å²) in [6, 6.07) is 0. The molecular formula is C14H21IN2O2. The van der Waals surface area contributed by atoms with E-state index in [0.717, 1.165) is 24.4 Å². The summed E-state index contributed by atoms with van der Waals surface area (Å²) in [7, 11) is 1.63. The molecule has 1 heterocycles. The van der Waals surface area contributed by atoms with Crippen LogP contribution >= 0.6 is 22.6 Å². The predicted molar refractivity (Wildman–Crippen MR) is 83.3 cm³/mol. The third-order valence-electron chi connectivity index (χ3n) is 3.96. The molecule has 0 atom stereocenters. The summed E-state index contributed by atoms with van der Waals surface area (Å²) < 4.78 is 5.76. The molecule has 106 valence electrons. The molecule has 0 unspecified atom stereocenters. The molecule has 19 heavy (non-hydrogen) atoms. The van der Waals surface area contributed by atoms with Gasteiger partial charge in [0.15, 0.2) is 0 Å². The second-order valence-corrected chi connectivity index (χ2v) is 7.16. The van der Waals surface area contributed by atoms with E-state index in [1.807, 2.05) is 22.6 Å². The third kappa shape index (κ3) is 3.56. The van der Waals surface area contributed by atoms with E-state index >= 15 is 0 Å². The lowest BCUT2D eigenvalue weighted by Crippen LogP contribution is -2.25. The van der Waals surface area contributed by atoms with Gasteiger partial charge >= 0.3 is 0 Å². The molecule has 1 N–H and O–H groups in total. The van der Waals surface area contributed by atoms with Crippen LogP contribution in [0.1, 0.15) is 57.0 Å². The second kappa shape index (κ2) is 5.91. The molecule has 0 amide bonds. The van der Waals surface area contributed by atoms with E-state index in [4.69, 9.17) is 4.74 Å². The molecule has 0 aliphatic heterocycles. The maximum atomic E-state index is 11.9. The summed E-state index contributed by atoms with van der Waals surface area (Å²) in [6.45, 7) is 5.01. The molecule has 1 saturated carbocycles. The number of methoxy groups -OCH3 is 1. The van der Waals surface area contributed by atoms with Gasteiger partial charge in [-0.3, -0.25) is 4.79 Å². The first-order chi connectivity index (χ1) is 8.93. The van der Waals surface area contributed by atoms with Gasteiger partial charge in [0.1, 0.15) is 9.39 Å². The van der Waals surface area contributed by atoms with Crippen molar-refractivity contribution in [3.63, 3.8) is 0 Å². The summed E-state index contributed by atoms with van der Waals surface area (Å²) in [6.07, 6.45) is 4.58. The zero-order valence-electron chi connectivity index (χ0n) is 11.8. The number of halogens is 1. The second-order valence-electron chi connectivity index (χ2n) is 6.08. The zero-order chi connectivity index (χ0) is 14.0. The van der Waals surface area contributed by atoms with Gasteiger partial charge < -0.3 is 9.72 Å². The molecular weight excluding hydrogens is 355 g/mol. The van der Waals surface area contributed by atoms with E-state index < -0.39 is 0 Å². The van der Waals surface area contributed by atoms with Crippen molar-refractivity contribution in [2.45, 2.75) is 52.1 Å². The van der Waals surface area contributed by atoms with E-state index in [0.29, 0.717) is 21.5 Å². The van der Waals surface area contributed by atoms with Crippen LogP contribution in [0.3, 0.4) is 0 Å². The molecule has 0 aromatic carbocycles. The molecule has 0 radical (unpaired) electrons. The SMILES string of the molecule is COCc1nc(C2CCC(C)(C)CC2)[nH]c(=O)c1I. The number of ether oxygens (including phenoxy) is 1. The summed E-state index contributed by atoms with van der Waals surface area (Å²) in [5.41, 5.74) is 1.14. The van der Waals surface area contributed by atoms with E-state index in [9.17, 15) is 4.79 Å². The Labute approximate surface area is 127 Å². The van der Waals surface area contributed by atoms with Gasteiger partial charge in [0.05, 0.1) is 12.3 Å². The van der Waals surface area contributed by atoms with Crippen LogP contribution in [0.5, 0.6) is 0 Å². The van der Waals surface area contributed by atoms with Crippen LogP contribution in [0.25, 0.3) is 0 Å². The lowest BCUT2D eigenvalue weighted by Gasteiger charge is -2.33. The molecule has 0 saturated heterocycles. The summed E-state index contributed by atoms with van der Waals surface area (Å²) >= 11 is 2.04. The Bertz CT molecular complexity index is 501. The molecule has 1 fully saturated rings. The fourth-order valence-corrected chi connectivity index (χ4v) is 3.03. The van der Waals surface area contributed by atoms with Gasteiger partial charge in [-0.1, -0.05) is 13.8 Å². The Kier molecular flexibility index (Phi) is 4.66. The van der Waals surface area contributed by atoms with Crippen molar-refractivity contribution in [1.82, 2.24) is 9.97 Å². The van der Waals surface area contributed by atoms with Crippen molar-refractivity contribution in [2.24, 2.45) is 5.41 Å². The highest BCUT2D eigenvalue weighted by Crippen LogP contribution is 2.41. The predicted octanol–water partition coefficient (Wildman–Crippen LogP) is 3.20. The van der Waals surface area contributed by atoms with Gasteiger partial charge in [0.25, 0.3) is 5.56 Å². The van der Waals surface area contributed by atoms with Crippen molar-refractivity contribution in [2.75, 3.05) is 7.11 Å². The average molecular weight is 376 g/mol. The van der Waals surface area contributed by atoms with Gasteiger partial charge in [-0.05, 0) is 53.7 Å². The van der Waals surface area contributed by atoms with Gasteiger partial charge in [0, 0.05) is 13.0 Å². The van der Waals surface area contributed by atoms with Crippen molar-refractivity contribution in [3.05, 3.63) is 25.4 Å². The smallest absolute Gasteiger partial charge is 0.264 e. The van der Waals surface area contributed by atoms with Crippen molar-refractivity contribution >= 4 is 22.6 Å². The molecule has 1 aromatic heterocycles. The molecule has 1 aliphatic carbocycles. The summed E-state index contributed by atoms with van der Waals surface area (Å²) in [5.74, 6) is 1.22. The molecule has 1 aromatic rings. The molecule has 5 heteroatoms. The minimum atomic E-state index is -0.0394. The highest BCUT2D eigenvalue weighted by molar-refractivity contribution is 14.1. The first-order valence-electron chi connectivity index (χ1n) is 6.70. The Balaban J connectivity index is 2.24. The standard InChI is InChI=1S/C14H21IN2O2/c1-14(2)6-4-9(5-7-14)12-16-10(8-19-3)11(15)13(18)17-12/h9H,4-8H2,1-3H3,(H,16,17,18). The average Bonchev–Trinajstić information content (AvgIpc) is 2.35. The molecule has 1 aliphatic rings. The number of H-pyrrole nitrogens is 1. The first-order valence-corrected chi connectivity index (χ1v) is 7.78. The van der Waals surface area contributed by atoms with Crippen LogP contribution < -0.4 is 5.56 Å². The maximum Gasteiger partial charge on any atom is 0.264 e. The number of hydrogen-bond acceptors (Lipinski definition) is 3. The molecule has 0 bridgehead atoms. The quantitative estimate of drug-likeness (QED) is 0.825. The normalized spacial score (nSPS) is 19.6. The minimum absolute atomic E-state index is 0.0394. The number of nitrogens with one attached hydrogen (secondary N) is 1. The Hall–Kier alpha value is -0.430. The van der Waals surface area contributed by atoms with Crippen LogP contribution in [0.4, 0.5) is 0 Å². The summed E-state index contributed by atoms with van der Waals surface area (Å²) in [4.78, 5) is 19.5. The van der Waals surface area contributed by atoms with Crippen LogP contribution in [-0.2, 0) is 11.3 Å². The van der Waals surface area contributed by atoms with Crippen LogP contribution in [0, 0.1) is 8.99 Å². The fraction of sp³-hybridized carbons (Fsp3) is 0.714. The molecule has 4 nitrogen and oxygen atoms in total. The first kappa shape index (κ1) is 15.0. The Morgan fingerprint density at radius 2 is 2.05 bits per heavy atom. The van der Waals surface area contributed by atoms with E-state index in [1.54, 1.807) is 7.11 Å². The number of rotatable bonds is 3. The largest absolute Gasteiger partial charge is 0.378 e. The van der Waals surface area contributed by atoms with E-state index in [1.165, 1.54) is 12.8 Å². The van der Waals surface area contributed by atoms with Crippen LogP contribution in [0.2, 0.25) is 0 Å². The molecule has 0 spiro atoms. The van der Waals surface area contributed by atoms with Gasteiger partial charge in [-0.25, -0.2) is 4.98 Å². The topological polar surface area (TPSA) is 55.0 Å². The highest BCUT2D eigenvalue weighted by Gasteiger charge is 2.29. The van der Waals surface area contributed by atoms with Crippen molar-refractivity contribution in [1.29, 1.82) is 0 Å². The monoisotopic (exact) mass is 376 g/mol. The van der Waals surface area contributed by atoms with Crippen LogP contribution in [0.15, 0.2) is 4.79 Å². The van der Waals surface area contributed by atoms with Gasteiger partial charge in [-0.2, -0.15) is 0 Å². The fourth-order valence-electron chi connectivity index (χ4n) is 2.62.